The van der Waals surface area contributed by atoms with Crippen LogP contribution in [0.1, 0.15) is 176 Å². The average Bonchev–Trinajstić information content (AvgIpc) is 3.26. The second kappa shape index (κ2) is 15.5. The van der Waals surface area contributed by atoms with Crippen LogP contribution in [0.4, 0.5) is 34.1 Å². The predicted octanol–water partition coefficient (Wildman–Crippen LogP) is 16.4. The molecule has 0 N–H and O–H groups in total. The Morgan fingerprint density at radius 2 is 0.768 bits per heavy atom. The quantitative estimate of drug-likeness (QED) is 0.162. The molecule has 4 bridgehead atoms. The van der Waals surface area contributed by atoms with E-state index in [4.69, 9.17) is 0 Å². The highest BCUT2D eigenvalue weighted by Crippen LogP contribution is 2.62. The van der Waals surface area contributed by atoms with Crippen LogP contribution in [0.3, 0.4) is 0 Å². The summed E-state index contributed by atoms with van der Waals surface area (Å²) < 4.78 is 0. The number of rotatable bonds is 4. The highest BCUT2D eigenvalue weighted by Gasteiger charge is 2.53. The Hall–Kier alpha value is -5.02. The normalized spacial score (nSPS) is 21.9. The van der Waals surface area contributed by atoms with Crippen molar-refractivity contribution in [3.63, 3.8) is 0 Å². The van der Waals surface area contributed by atoms with Gasteiger partial charge in [-0.3, -0.25) is 0 Å². The third-order valence-corrected chi connectivity index (χ3v) is 17.6. The maximum atomic E-state index is 2.75. The van der Waals surface area contributed by atoms with Crippen molar-refractivity contribution in [1.29, 1.82) is 0 Å². The lowest BCUT2D eigenvalue weighted by Crippen LogP contribution is -2.62. The molecule has 6 aliphatic rings. The average molecular weight is 911 g/mol. The Balaban J connectivity index is 1.26. The van der Waals surface area contributed by atoms with Crippen LogP contribution in [-0.2, 0) is 32.5 Å². The van der Waals surface area contributed by atoms with E-state index in [0.29, 0.717) is 0 Å². The summed E-state index contributed by atoms with van der Waals surface area (Å²) in [7, 11) is 0. The van der Waals surface area contributed by atoms with Crippen molar-refractivity contribution < 1.29 is 0 Å². The van der Waals surface area contributed by atoms with Crippen LogP contribution in [0.5, 0.6) is 0 Å². The summed E-state index contributed by atoms with van der Waals surface area (Å²) in [4.78, 5) is 5.44. The molecule has 69 heavy (non-hydrogen) atoms. The number of anilines is 6. The number of nitrogens with zero attached hydrogens (tertiary/aromatic N) is 2. The molecule has 4 fully saturated rings. The predicted molar refractivity (Wildman–Crippen MR) is 299 cm³/mol. The van der Waals surface area contributed by atoms with Gasteiger partial charge in [-0.05, 0) is 193 Å². The first-order chi connectivity index (χ1) is 32.3. The zero-order valence-corrected chi connectivity index (χ0v) is 44.9. The highest BCUT2D eigenvalue weighted by atomic mass is 15.2. The van der Waals surface area contributed by atoms with E-state index in [-0.39, 0.29) is 39.2 Å². The van der Waals surface area contributed by atoms with Gasteiger partial charge in [0.25, 0.3) is 6.71 Å². The molecular weight excluding hydrogens is 832 g/mol. The lowest BCUT2D eigenvalue weighted by atomic mass is 9.33. The topological polar surface area (TPSA) is 6.48 Å². The maximum absolute atomic E-state index is 2.75. The number of hydrogen-bond donors (Lipinski definition) is 0. The van der Waals surface area contributed by atoms with Gasteiger partial charge in [-0.15, -0.1) is 0 Å². The summed E-state index contributed by atoms with van der Waals surface area (Å²) in [6.07, 6.45) is 8.27. The van der Waals surface area contributed by atoms with E-state index < -0.39 is 0 Å². The van der Waals surface area contributed by atoms with Gasteiger partial charge in [0.05, 0.1) is 5.69 Å². The Kier molecular flexibility index (Phi) is 10.4. The van der Waals surface area contributed by atoms with E-state index in [1.54, 1.807) is 5.56 Å². The molecule has 0 amide bonds. The van der Waals surface area contributed by atoms with Crippen LogP contribution in [0.25, 0.3) is 11.1 Å². The zero-order valence-electron chi connectivity index (χ0n) is 44.9. The lowest BCUT2D eigenvalue weighted by molar-refractivity contribution is -0.00514. The minimum absolute atomic E-state index is 0.0112. The fourth-order valence-electron chi connectivity index (χ4n) is 13.9. The van der Waals surface area contributed by atoms with Crippen LogP contribution in [0, 0.1) is 17.8 Å². The Morgan fingerprint density at radius 1 is 0.391 bits per heavy atom. The fourth-order valence-corrected chi connectivity index (χ4v) is 13.9. The van der Waals surface area contributed by atoms with Gasteiger partial charge in [0.15, 0.2) is 0 Å². The third-order valence-electron chi connectivity index (χ3n) is 17.6. The van der Waals surface area contributed by atoms with Crippen molar-refractivity contribution in [3.8, 4) is 11.1 Å². The number of fused-ring (bicyclic) bond motifs is 4. The van der Waals surface area contributed by atoms with Gasteiger partial charge in [-0.2, -0.15) is 0 Å². The molecular formula is C66H79BN2. The molecule has 6 aromatic rings. The molecule has 4 aliphatic carbocycles. The first-order valence-corrected chi connectivity index (χ1v) is 26.7. The summed E-state index contributed by atoms with van der Waals surface area (Å²) in [5, 5.41) is 0. The molecule has 0 atom stereocenters. The second-order valence-corrected chi connectivity index (χ2v) is 27.9. The maximum Gasteiger partial charge on any atom is 0.252 e. The molecule has 2 heterocycles. The third kappa shape index (κ3) is 7.83. The molecule has 356 valence electrons. The van der Waals surface area contributed by atoms with E-state index in [2.05, 4.69) is 229 Å². The molecule has 0 aromatic heterocycles. The van der Waals surface area contributed by atoms with Crippen molar-refractivity contribution in [1.82, 2.24) is 0 Å². The molecule has 0 unspecified atom stereocenters. The molecule has 0 spiro atoms. The van der Waals surface area contributed by atoms with E-state index in [1.807, 2.05) is 0 Å². The number of hydrogen-bond acceptors (Lipinski definition) is 2. The summed E-state index contributed by atoms with van der Waals surface area (Å²) in [5.41, 5.74) is 23.4. The SMILES string of the molecule is CC(C)(C)c1ccc(-c2cc(C(C)(C)C)ccc2N2c3ccc(C(C)(C)C)cc3B3c4cc(C(C)(C)C)ccc4N(c4ccc(C(C)(C)C)cc4)c4cc(C56CC7CC(CC(C7)C5)C6)cc2c43)cc1. The number of benzene rings is 6. The fraction of sp³-hybridized carbons (Fsp3) is 0.455. The van der Waals surface area contributed by atoms with Crippen LogP contribution in [0.15, 0.2) is 115 Å². The van der Waals surface area contributed by atoms with Crippen LogP contribution in [0.2, 0.25) is 0 Å². The van der Waals surface area contributed by atoms with Crippen molar-refractivity contribution >= 4 is 57.2 Å². The van der Waals surface area contributed by atoms with Gasteiger partial charge < -0.3 is 9.80 Å². The zero-order chi connectivity index (χ0) is 49.0. The first kappa shape index (κ1) is 46.4. The van der Waals surface area contributed by atoms with Gasteiger partial charge in [0.1, 0.15) is 0 Å². The first-order valence-electron chi connectivity index (χ1n) is 26.7. The van der Waals surface area contributed by atoms with E-state index >= 15 is 0 Å². The van der Waals surface area contributed by atoms with Crippen LogP contribution in [-0.4, -0.2) is 6.71 Å². The Bertz CT molecular complexity index is 2950. The van der Waals surface area contributed by atoms with Gasteiger partial charge >= 0.3 is 0 Å². The van der Waals surface area contributed by atoms with Gasteiger partial charge in [-0.25, -0.2) is 0 Å². The standard InChI is InChI=1S/C66H79BN2/c1-61(2,3)45-18-16-44(17-19-45)52-33-47(63(7,8)9)22-27-55(52)69-57-29-24-49(65(13,14)15)35-54(57)67-53-34-48(64(10,11)12)23-28-56(53)68(51-25-20-46(21-26-51)62(4,5)6)58-36-50(37-59(69)60(58)67)66-38-41-30-42(39-66)32-43(31-41)40-66/h16-29,33-37,41-43H,30-32,38-40H2,1-15H3. The highest BCUT2D eigenvalue weighted by molar-refractivity contribution is 7.00. The van der Waals surface area contributed by atoms with Gasteiger partial charge in [0.2, 0.25) is 0 Å². The molecule has 2 aliphatic heterocycles. The largest absolute Gasteiger partial charge is 0.311 e. The van der Waals surface area contributed by atoms with Crippen molar-refractivity contribution in [2.24, 2.45) is 17.8 Å². The van der Waals surface area contributed by atoms with E-state index in [0.717, 1.165) is 17.8 Å². The molecule has 0 saturated heterocycles. The van der Waals surface area contributed by atoms with Crippen molar-refractivity contribution in [2.75, 3.05) is 9.80 Å². The molecule has 3 heteroatoms. The minimum atomic E-state index is -0.0226. The monoisotopic (exact) mass is 911 g/mol. The minimum Gasteiger partial charge on any atom is -0.311 e. The van der Waals surface area contributed by atoms with Crippen LogP contribution < -0.4 is 26.2 Å². The van der Waals surface area contributed by atoms with Crippen LogP contribution >= 0.6 is 0 Å². The van der Waals surface area contributed by atoms with E-state index in [1.165, 1.54) is 128 Å². The van der Waals surface area contributed by atoms with Gasteiger partial charge in [0, 0.05) is 34.0 Å². The van der Waals surface area contributed by atoms with Crippen molar-refractivity contribution in [2.45, 2.75) is 175 Å². The molecule has 2 nitrogen and oxygen atoms in total. The Morgan fingerprint density at radius 3 is 1.22 bits per heavy atom. The summed E-state index contributed by atoms with van der Waals surface area (Å²) >= 11 is 0. The molecule has 6 aromatic carbocycles. The van der Waals surface area contributed by atoms with E-state index in [9.17, 15) is 0 Å². The van der Waals surface area contributed by atoms with Crippen molar-refractivity contribution in [3.05, 3.63) is 149 Å². The smallest absolute Gasteiger partial charge is 0.252 e. The Labute approximate surface area is 417 Å². The lowest BCUT2D eigenvalue weighted by Gasteiger charge is -2.57. The van der Waals surface area contributed by atoms with Gasteiger partial charge in [-0.1, -0.05) is 171 Å². The summed E-state index contributed by atoms with van der Waals surface area (Å²) in [6, 6.07) is 47.2. The molecule has 4 saturated carbocycles. The molecule has 12 rings (SSSR count). The molecule has 0 radical (unpaired) electrons. The second-order valence-electron chi connectivity index (χ2n) is 27.9. The summed E-state index contributed by atoms with van der Waals surface area (Å²) in [5.74, 6) is 2.53. The summed E-state index contributed by atoms with van der Waals surface area (Å²) in [6.45, 7) is 35.4.